The summed E-state index contributed by atoms with van der Waals surface area (Å²) in [5.74, 6) is 0. The monoisotopic (exact) mass is 257 g/mol. The van der Waals surface area contributed by atoms with Crippen LogP contribution in [0.5, 0.6) is 0 Å². The smallest absolute Gasteiger partial charge is 0.0725 e. The van der Waals surface area contributed by atoms with E-state index in [4.69, 9.17) is 4.74 Å². The molecule has 0 aliphatic carbocycles. The van der Waals surface area contributed by atoms with E-state index in [1.54, 1.807) is 0 Å². The van der Waals surface area contributed by atoms with E-state index in [1.165, 1.54) is 51.4 Å². The molecule has 0 aliphatic rings. The van der Waals surface area contributed by atoms with Crippen molar-refractivity contribution in [2.24, 2.45) is 0 Å². The van der Waals surface area contributed by atoms with Crippen LogP contribution in [0.15, 0.2) is 0 Å². The molecule has 0 heterocycles. The SMILES string of the molecule is CCCCCCCCOC(CC)C(CCC)NC. The molecule has 0 saturated heterocycles. The Morgan fingerprint density at radius 2 is 1.56 bits per heavy atom. The summed E-state index contributed by atoms with van der Waals surface area (Å²) < 4.78 is 6.04. The van der Waals surface area contributed by atoms with Crippen molar-refractivity contribution >= 4 is 0 Å². The Labute approximate surface area is 115 Å². The molecule has 0 aromatic rings. The summed E-state index contributed by atoms with van der Waals surface area (Å²) >= 11 is 0. The molecular weight excluding hydrogens is 222 g/mol. The maximum atomic E-state index is 6.04. The number of rotatable bonds is 13. The lowest BCUT2D eigenvalue weighted by Gasteiger charge is -2.26. The normalized spacial score (nSPS) is 14.7. The number of unbranched alkanes of at least 4 members (excludes halogenated alkanes) is 5. The molecule has 2 nitrogen and oxygen atoms in total. The quantitative estimate of drug-likeness (QED) is 0.489. The van der Waals surface area contributed by atoms with Gasteiger partial charge in [-0.2, -0.15) is 0 Å². The van der Waals surface area contributed by atoms with E-state index in [0.29, 0.717) is 12.1 Å². The highest BCUT2D eigenvalue weighted by Gasteiger charge is 2.17. The topological polar surface area (TPSA) is 21.3 Å². The van der Waals surface area contributed by atoms with Crippen LogP contribution in [0.25, 0.3) is 0 Å². The van der Waals surface area contributed by atoms with Gasteiger partial charge in [-0.15, -0.1) is 0 Å². The lowest BCUT2D eigenvalue weighted by molar-refractivity contribution is 0.0212. The molecule has 2 atom stereocenters. The molecule has 2 unspecified atom stereocenters. The van der Waals surface area contributed by atoms with Crippen LogP contribution in [-0.4, -0.2) is 25.8 Å². The lowest BCUT2D eigenvalue weighted by atomic mass is 10.0. The van der Waals surface area contributed by atoms with Crippen LogP contribution in [-0.2, 0) is 4.74 Å². The van der Waals surface area contributed by atoms with Crippen molar-refractivity contribution in [1.29, 1.82) is 0 Å². The minimum atomic E-state index is 0.394. The maximum Gasteiger partial charge on any atom is 0.0725 e. The van der Waals surface area contributed by atoms with Crippen LogP contribution < -0.4 is 5.32 Å². The molecule has 0 bridgehead atoms. The Morgan fingerprint density at radius 3 is 2.11 bits per heavy atom. The number of hydrogen-bond donors (Lipinski definition) is 1. The zero-order valence-electron chi connectivity index (χ0n) is 13.1. The Hall–Kier alpha value is -0.0800. The molecule has 0 aromatic heterocycles. The third kappa shape index (κ3) is 8.93. The fourth-order valence-electron chi connectivity index (χ4n) is 2.46. The van der Waals surface area contributed by atoms with Crippen molar-refractivity contribution in [3.8, 4) is 0 Å². The van der Waals surface area contributed by atoms with E-state index in [1.807, 2.05) is 0 Å². The highest BCUT2D eigenvalue weighted by molar-refractivity contribution is 4.74. The Bertz CT molecular complexity index is 161. The maximum absolute atomic E-state index is 6.04. The van der Waals surface area contributed by atoms with Gasteiger partial charge in [0.2, 0.25) is 0 Å². The third-order valence-electron chi connectivity index (χ3n) is 3.65. The fourth-order valence-corrected chi connectivity index (χ4v) is 2.46. The van der Waals surface area contributed by atoms with E-state index in [9.17, 15) is 0 Å². The van der Waals surface area contributed by atoms with Gasteiger partial charge in [-0.25, -0.2) is 0 Å². The average molecular weight is 257 g/mol. The second-order valence-electron chi connectivity index (χ2n) is 5.27. The summed E-state index contributed by atoms with van der Waals surface area (Å²) in [6.07, 6.45) is 12.0. The number of ether oxygens (including phenoxy) is 1. The summed E-state index contributed by atoms with van der Waals surface area (Å²) in [4.78, 5) is 0. The first kappa shape index (κ1) is 17.9. The molecule has 0 aromatic carbocycles. The van der Waals surface area contributed by atoms with Crippen LogP contribution in [0.3, 0.4) is 0 Å². The van der Waals surface area contributed by atoms with E-state index < -0.39 is 0 Å². The highest BCUT2D eigenvalue weighted by atomic mass is 16.5. The van der Waals surface area contributed by atoms with Gasteiger partial charge in [-0.1, -0.05) is 59.3 Å². The summed E-state index contributed by atoms with van der Waals surface area (Å²) in [6, 6.07) is 0.528. The van der Waals surface area contributed by atoms with Crippen molar-refractivity contribution in [1.82, 2.24) is 5.32 Å². The third-order valence-corrected chi connectivity index (χ3v) is 3.65. The van der Waals surface area contributed by atoms with Crippen molar-refractivity contribution < 1.29 is 4.74 Å². The first-order valence-corrected chi connectivity index (χ1v) is 8.08. The molecule has 0 amide bonds. The van der Waals surface area contributed by atoms with Crippen molar-refractivity contribution in [2.45, 2.75) is 90.7 Å². The molecule has 0 radical (unpaired) electrons. The van der Waals surface area contributed by atoms with Gasteiger partial charge in [-0.05, 0) is 26.3 Å². The zero-order chi connectivity index (χ0) is 13.6. The number of nitrogens with one attached hydrogen (secondary N) is 1. The van der Waals surface area contributed by atoms with E-state index >= 15 is 0 Å². The largest absolute Gasteiger partial charge is 0.377 e. The second-order valence-corrected chi connectivity index (χ2v) is 5.27. The minimum Gasteiger partial charge on any atom is -0.377 e. The Balaban J connectivity index is 3.59. The van der Waals surface area contributed by atoms with Gasteiger partial charge >= 0.3 is 0 Å². The molecule has 110 valence electrons. The summed E-state index contributed by atoms with van der Waals surface area (Å²) in [5, 5.41) is 3.40. The first-order chi connectivity index (χ1) is 8.79. The number of likely N-dealkylation sites (N-methyl/N-ethyl adjacent to an activating group) is 1. The molecule has 0 saturated carbocycles. The molecular formula is C16H35NO. The summed E-state index contributed by atoms with van der Waals surface area (Å²) in [5.41, 5.74) is 0. The van der Waals surface area contributed by atoms with Crippen molar-refractivity contribution in [2.75, 3.05) is 13.7 Å². The van der Waals surface area contributed by atoms with Crippen LogP contribution in [0.4, 0.5) is 0 Å². The van der Waals surface area contributed by atoms with Crippen LogP contribution in [0.2, 0.25) is 0 Å². The number of hydrogen-bond acceptors (Lipinski definition) is 2. The second kappa shape index (κ2) is 13.4. The van der Waals surface area contributed by atoms with Crippen LogP contribution in [0, 0.1) is 0 Å². The average Bonchev–Trinajstić information content (AvgIpc) is 2.40. The van der Waals surface area contributed by atoms with Crippen molar-refractivity contribution in [3.63, 3.8) is 0 Å². The van der Waals surface area contributed by atoms with E-state index in [0.717, 1.165) is 13.0 Å². The molecule has 2 heteroatoms. The van der Waals surface area contributed by atoms with Gasteiger partial charge in [0.05, 0.1) is 6.10 Å². The van der Waals surface area contributed by atoms with Gasteiger partial charge in [0, 0.05) is 12.6 Å². The van der Waals surface area contributed by atoms with Crippen LogP contribution in [0.1, 0.15) is 78.6 Å². The summed E-state index contributed by atoms with van der Waals surface area (Å²) in [7, 11) is 2.05. The molecule has 18 heavy (non-hydrogen) atoms. The first-order valence-electron chi connectivity index (χ1n) is 8.08. The van der Waals surface area contributed by atoms with Gasteiger partial charge in [-0.3, -0.25) is 0 Å². The summed E-state index contributed by atoms with van der Waals surface area (Å²) in [6.45, 7) is 7.67. The van der Waals surface area contributed by atoms with E-state index in [-0.39, 0.29) is 0 Å². The zero-order valence-corrected chi connectivity index (χ0v) is 13.1. The van der Waals surface area contributed by atoms with Gasteiger partial charge in [0.1, 0.15) is 0 Å². The minimum absolute atomic E-state index is 0.394. The molecule has 0 spiro atoms. The standard InChI is InChI=1S/C16H35NO/c1-5-8-9-10-11-12-14-18-16(7-3)15(17-4)13-6-2/h15-17H,5-14H2,1-4H3. The van der Waals surface area contributed by atoms with Gasteiger partial charge < -0.3 is 10.1 Å². The lowest BCUT2D eigenvalue weighted by Crippen LogP contribution is -2.39. The molecule has 1 N–H and O–H groups in total. The predicted octanol–water partition coefficient (Wildman–Crippen LogP) is 4.53. The molecule has 0 rings (SSSR count). The van der Waals surface area contributed by atoms with Gasteiger partial charge in [0.15, 0.2) is 0 Å². The van der Waals surface area contributed by atoms with Crippen LogP contribution >= 0.6 is 0 Å². The van der Waals surface area contributed by atoms with Gasteiger partial charge in [0.25, 0.3) is 0 Å². The van der Waals surface area contributed by atoms with E-state index in [2.05, 4.69) is 33.1 Å². The Morgan fingerprint density at radius 1 is 0.889 bits per heavy atom. The molecule has 0 fully saturated rings. The van der Waals surface area contributed by atoms with Crippen molar-refractivity contribution in [3.05, 3.63) is 0 Å². The fraction of sp³-hybridized carbons (Fsp3) is 1.00. The predicted molar refractivity (Wildman–Crippen MR) is 81.2 cm³/mol. The highest BCUT2D eigenvalue weighted by Crippen LogP contribution is 2.11. The molecule has 0 aliphatic heterocycles. The Kier molecular flexibility index (Phi) is 13.3.